The number of ether oxygens (including phenoxy) is 1. The Bertz CT molecular complexity index is 623. The Morgan fingerprint density at radius 2 is 1.88 bits per heavy atom. The lowest BCUT2D eigenvalue weighted by Crippen LogP contribution is -2.42. The molecule has 142 valence electrons. The van der Waals surface area contributed by atoms with Crippen LogP contribution in [0, 0.1) is 0 Å². The first-order valence-electron chi connectivity index (χ1n) is 9.61. The van der Waals surface area contributed by atoms with E-state index >= 15 is 0 Å². The lowest BCUT2D eigenvalue weighted by Gasteiger charge is -2.32. The van der Waals surface area contributed by atoms with Crippen LogP contribution in [0.4, 0.5) is 10.5 Å². The van der Waals surface area contributed by atoms with Gasteiger partial charge >= 0.3 is 6.09 Å². The van der Waals surface area contributed by atoms with Gasteiger partial charge in [0.25, 0.3) is 5.91 Å². The van der Waals surface area contributed by atoms with Gasteiger partial charge in [-0.05, 0) is 51.2 Å². The minimum absolute atomic E-state index is 0.0190. The quantitative estimate of drug-likeness (QED) is 0.894. The number of nitrogens with zero attached hydrogens (tertiary/aromatic N) is 3. The molecule has 0 saturated carbocycles. The molecule has 2 saturated heterocycles. The first kappa shape index (κ1) is 18.5. The molecule has 1 N–H and O–H groups in total. The van der Waals surface area contributed by atoms with E-state index in [2.05, 4.69) is 10.3 Å². The summed E-state index contributed by atoms with van der Waals surface area (Å²) in [5.41, 5.74) is 1.41. The summed E-state index contributed by atoms with van der Waals surface area (Å²) in [6.45, 7) is 5.23. The van der Waals surface area contributed by atoms with Crippen molar-refractivity contribution in [1.29, 1.82) is 0 Å². The molecule has 0 atom stereocenters. The minimum atomic E-state index is -0.232. The maximum Gasteiger partial charge on any atom is 0.409 e. The molecule has 7 heteroatoms. The van der Waals surface area contributed by atoms with Gasteiger partial charge in [0.15, 0.2) is 0 Å². The Labute approximate surface area is 154 Å². The summed E-state index contributed by atoms with van der Waals surface area (Å²) in [5, 5.41) is 3.48. The third kappa shape index (κ3) is 4.65. The molecule has 0 aromatic carbocycles. The van der Waals surface area contributed by atoms with E-state index < -0.39 is 0 Å². The smallest absolute Gasteiger partial charge is 0.409 e. The molecule has 0 aliphatic carbocycles. The summed E-state index contributed by atoms with van der Waals surface area (Å²) in [6, 6.07) is 4.01. The molecule has 0 unspecified atom stereocenters. The second-order valence-corrected chi connectivity index (χ2v) is 6.89. The van der Waals surface area contributed by atoms with Crippen LogP contribution in [0.1, 0.15) is 49.5 Å². The fourth-order valence-corrected chi connectivity index (χ4v) is 3.55. The molecular formula is C19H28N4O3. The standard InChI is InChI=1S/C19H28N4O3/c1-2-26-19(25)23-12-7-15(8-13-23)21-16-6-9-20-17(14-16)18(24)22-10-4-3-5-11-22/h6,9,14-15H,2-5,7-8,10-13H2,1H3,(H,20,21). The molecule has 0 bridgehead atoms. The number of rotatable bonds is 4. The predicted molar refractivity (Wildman–Crippen MR) is 99.2 cm³/mol. The third-order valence-electron chi connectivity index (χ3n) is 5.01. The first-order chi connectivity index (χ1) is 12.7. The lowest BCUT2D eigenvalue weighted by molar-refractivity contribution is 0.0718. The summed E-state index contributed by atoms with van der Waals surface area (Å²) in [5.74, 6) is 0.0190. The Morgan fingerprint density at radius 3 is 2.58 bits per heavy atom. The predicted octanol–water partition coefficient (Wildman–Crippen LogP) is 2.74. The van der Waals surface area contributed by atoms with E-state index in [0.717, 1.165) is 44.5 Å². The van der Waals surface area contributed by atoms with E-state index in [1.807, 2.05) is 24.0 Å². The molecule has 2 aliphatic rings. The van der Waals surface area contributed by atoms with Gasteiger partial charge < -0.3 is 19.9 Å². The van der Waals surface area contributed by atoms with Gasteiger partial charge in [-0.25, -0.2) is 4.79 Å². The van der Waals surface area contributed by atoms with E-state index in [0.29, 0.717) is 25.4 Å². The van der Waals surface area contributed by atoms with Gasteiger partial charge in [0.05, 0.1) is 6.61 Å². The number of piperidine rings is 2. The number of anilines is 1. The zero-order valence-corrected chi connectivity index (χ0v) is 15.4. The van der Waals surface area contributed by atoms with Crippen LogP contribution in [-0.4, -0.2) is 65.6 Å². The number of hydrogen-bond acceptors (Lipinski definition) is 5. The lowest BCUT2D eigenvalue weighted by atomic mass is 10.0. The average Bonchev–Trinajstić information content (AvgIpc) is 2.69. The largest absolute Gasteiger partial charge is 0.450 e. The highest BCUT2D eigenvalue weighted by Gasteiger charge is 2.24. The van der Waals surface area contributed by atoms with E-state index in [1.54, 1.807) is 11.1 Å². The average molecular weight is 360 g/mol. The Morgan fingerprint density at radius 1 is 1.15 bits per heavy atom. The first-order valence-corrected chi connectivity index (χ1v) is 9.61. The van der Waals surface area contributed by atoms with Crippen LogP contribution in [0.3, 0.4) is 0 Å². The van der Waals surface area contributed by atoms with Gasteiger partial charge in [-0.3, -0.25) is 9.78 Å². The molecule has 0 radical (unpaired) electrons. The zero-order valence-electron chi connectivity index (χ0n) is 15.4. The molecule has 26 heavy (non-hydrogen) atoms. The van der Waals surface area contributed by atoms with Crippen LogP contribution in [0.5, 0.6) is 0 Å². The van der Waals surface area contributed by atoms with Crippen LogP contribution in [-0.2, 0) is 4.74 Å². The van der Waals surface area contributed by atoms with Crippen molar-refractivity contribution in [3.8, 4) is 0 Å². The van der Waals surface area contributed by atoms with E-state index in [4.69, 9.17) is 4.74 Å². The highest BCUT2D eigenvalue weighted by molar-refractivity contribution is 5.93. The topological polar surface area (TPSA) is 74.8 Å². The summed E-state index contributed by atoms with van der Waals surface area (Å²) in [4.78, 5) is 32.3. The fraction of sp³-hybridized carbons (Fsp3) is 0.632. The van der Waals surface area contributed by atoms with Crippen LogP contribution in [0.25, 0.3) is 0 Å². The monoisotopic (exact) mass is 360 g/mol. The van der Waals surface area contributed by atoms with Crippen molar-refractivity contribution in [2.75, 3.05) is 38.1 Å². The van der Waals surface area contributed by atoms with Crippen molar-refractivity contribution in [2.24, 2.45) is 0 Å². The second-order valence-electron chi connectivity index (χ2n) is 6.89. The number of hydrogen-bond donors (Lipinski definition) is 1. The number of amides is 2. The SMILES string of the molecule is CCOC(=O)N1CCC(Nc2ccnc(C(=O)N3CCCCC3)c2)CC1. The van der Waals surface area contributed by atoms with Crippen molar-refractivity contribution in [2.45, 2.75) is 45.1 Å². The summed E-state index contributed by atoms with van der Waals surface area (Å²) >= 11 is 0. The molecule has 2 aliphatic heterocycles. The molecule has 0 spiro atoms. The van der Waals surface area contributed by atoms with Crippen molar-refractivity contribution < 1.29 is 14.3 Å². The molecular weight excluding hydrogens is 332 g/mol. The fourth-order valence-electron chi connectivity index (χ4n) is 3.55. The zero-order chi connectivity index (χ0) is 18.4. The molecule has 3 heterocycles. The van der Waals surface area contributed by atoms with Crippen molar-refractivity contribution in [3.05, 3.63) is 24.0 Å². The minimum Gasteiger partial charge on any atom is -0.450 e. The molecule has 2 fully saturated rings. The maximum atomic E-state index is 12.6. The van der Waals surface area contributed by atoms with E-state index in [-0.39, 0.29) is 18.0 Å². The molecule has 1 aromatic rings. The number of carbonyl (C=O) groups is 2. The second kappa shape index (κ2) is 8.87. The van der Waals surface area contributed by atoms with Crippen LogP contribution < -0.4 is 5.32 Å². The van der Waals surface area contributed by atoms with Gasteiger partial charge in [0, 0.05) is 44.1 Å². The van der Waals surface area contributed by atoms with E-state index in [1.165, 1.54) is 6.42 Å². The van der Waals surface area contributed by atoms with Crippen molar-refractivity contribution in [1.82, 2.24) is 14.8 Å². The van der Waals surface area contributed by atoms with Crippen molar-refractivity contribution >= 4 is 17.7 Å². The van der Waals surface area contributed by atoms with Crippen LogP contribution in [0.2, 0.25) is 0 Å². The normalized spacial score (nSPS) is 18.5. The highest BCUT2D eigenvalue weighted by Crippen LogP contribution is 2.19. The highest BCUT2D eigenvalue weighted by atomic mass is 16.6. The number of carbonyl (C=O) groups excluding carboxylic acids is 2. The number of nitrogens with one attached hydrogen (secondary N) is 1. The van der Waals surface area contributed by atoms with E-state index in [9.17, 15) is 9.59 Å². The van der Waals surface area contributed by atoms with Gasteiger partial charge in [-0.15, -0.1) is 0 Å². The maximum absolute atomic E-state index is 12.6. The summed E-state index contributed by atoms with van der Waals surface area (Å²) in [7, 11) is 0. The van der Waals surface area contributed by atoms with Gasteiger partial charge in [-0.2, -0.15) is 0 Å². The Hall–Kier alpha value is -2.31. The van der Waals surface area contributed by atoms with Crippen LogP contribution in [0.15, 0.2) is 18.3 Å². The molecule has 2 amide bonds. The van der Waals surface area contributed by atoms with Gasteiger partial charge in [0.2, 0.25) is 0 Å². The summed E-state index contributed by atoms with van der Waals surface area (Å²) in [6.07, 6.45) is 6.51. The molecule has 1 aromatic heterocycles. The Kier molecular flexibility index (Phi) is 6.30. The number of aromatic nitrogens is 1. The van der Waals surface area contributed by atoms with Gasteiger partial charge in [-0.1, -0.05) is 0 Å². The Balaban J connectivity index is 1.54. The number of pyridine rings is 1. The molecule has 7 nitrogen and oxygen atoms in total. The van der Waals surface area contributed by atoms with Gasteiger partial charge in [0.1, 0.15) is 5.69 Å². The molecule has 3 rings (SSSR count). The third-order valence-corrected chi connectivity index (χ3v) is 5.01. The summed E-state index contributed by atoms with van der Waals surface area (Å²) < 4.78 is 5.05. The van der Waals surface area contributed by atoms with Crippen molar-refractivity contribution in [3.63, 3.8) is 0 Å². The van der Waals surface area contributed by atoms with Crippen LogP contribution >= 0.6 is 0 Å². The number of likely N-dealkylation sites (tertiary alicyclic amines) is 2.